The van der Waals surface area contributed by atoms with Crippen LogP contribution in [0.1, 0.15) is 71.1 Å². The topological polar surface area (TPSA) is 26.3 Å². The molecule has 0 radical (unpaired) electrons. The zero-order chi connectivity index (χ0) is 13.1. The van der Waals surface area contributed by atoms with E-state index in [-0.39, 0.29) is 5.78 Å². The van der Waals surface area contributed by atoms with E-state index in [1.807, 2.05) is 0 Å². The zero-order valence-electron chi connectivity index (χ0n) is 11.9. The Morgan fingerprint density at radius 1 is 0.944 bits per heavy atom. The van der Waals surface area contributed by atoms with Gasteiger partial charge in [-0.1, -0.05) is 43.8 Å². The van der Waals surface area contributed by atoms with Gasteiger partial charge in [-0.3, -0.25) is 4.79 Å². The highest BCUT2D eigenvalue weighted by Crippen LogP contribution is 2.12. The number of Topliss-reactive ketones (excluding diaryl/α,β-unsaturated/α-hetero) is 1. The van der Waals surface area contributed by atoms with Gasteiger partial charge in [-0.15, -0.1) is 0 Å². The average molecular weight is 252 g/mol. The molecule has 0 bridgehead atoms. The number of carbonyl (C=O) groups excluding carboxylic acids is 1. The van der Waals surface area contributed by atoms with Gasteiger partial charge in [0.25, 0.3) is 0 Å². The minimum Gasteiger partial charge on any atom is -0.374 e. The van der Waals surface area contributed by atoms with Crippen LogP contribution in [0.4, 0.5) is 0 Å². The van der Waals surface area contributed by atoms with Gasteiger partial charge in [0.1, 0.15) is 6.61 Å². The molecule has 1 aliphatic heterocycles. The highest BCUT2D eigenvalue weighted by molar-refractivity contribution is 5.79. The molecule has 1 heterocycles. The molecule has 0 aromatic carbocycles. The van der Waals surface area contributed by atoms with E-state index in [9.17, 15) is 4.79 Å². The number of hydrogen-bond donors (Lipinski definition) is 0. The van der Waals surface area contributed by atoms with Crippen LogP contribution in [0.5, 0.6) is 0 Å². The van der Waals surface area contributed by atoms with Crippen molar-refractivity contribution in [3.8, 4) is 0 Å². The summed E-state index contributed by atoms with van der Waals surface area (Å²) in [5, 5.41) is 0. The molecule has 0 aliphatic carbocycles. The summed E-state index contributed by atoms with van der Waals surface area (Å²) in [6.07, 6.45) is 14.0. The monoisotopic (exact) mass is 252 g/mol. The molecule has 0 amide bonds. The second-order valence-corrected chi connectivity index (χ2v) is 5.41. The number of rotatable bonds is 0. The van der Waals surface area contributed by atoms with Crippen LogP contribution >= 0.6 is 0 Å². The molecule has 0 N–H and O–H groups in total. The fourth-order valence-corrected chi connectivity index (χ4v) is 2.28. The predicted molar refractivity (Wildman–Crippen MR) is 75.8 cm³/mol. The van der Waals surface area contributed by atoms with Crippen molar-refractivity contribution in [1.29, 1.82) is 0 Å². The first kappa shape index (κ1) is 15.4. The lowest BCUT2D eigenvalue weighted by Crippen LogP contribution is -2.09. The summed E-state index contributed by atoms with van der Waals surface area (Å²) >= 11 is 0. The van der Waals surface area contributed by atoms with E-state index in [4.69, 9.17) is 4.74 Å². The molecule has 2 nitrogen and oxygen atoms in total. The van der Waals surface area contributed by atoms with Crippen LogP contribution in [0.15, 0.2) is 11.6 Å². The summed E-state index contributed by atoms with van der Waals surface area (Å²) < 4.78 is 5.41. The molecule has 18 heavy (non-hydrogen) atoms. The molecule has 0 aromatic heterocycles. The third-order valence-electron chi connectivity index (χ3n) is 3.55. The number of allylic oxidation sites excluding steroid dienone is 2. The van der Waals surface area contributed by atoms with E-state index in [1.165, 1.54) is 50.5 Å². The zero-order valence-corrected chi connectivity index (χ0v) is 11.9. The maximum atomic E-state index is 11.6. The number of ketones is 1. The van der Waals surface area contributed by atoms with Gasteiger partial charge in [0, 0.05) is 13.0 Å². The highest BCUT2D eigenvalue weighted by Gasteiger charge is 2.03. The van der Waals surface area contributed by atoms with Gasteiger partial charge < -0.3 is 4.74 Å². The lowest BCUT2D eigenvalue weighted by molar-refractivity contribution is -0.123. The molecule has 0 saturated carbocycles. The smallest absolute Gasteiger partial charge is 0.158 e. The average Bonchev–Trinajstić information content (AvgIpc) is 2.36. The summed E-state index contributed by atoms with van der Waals surface area (Å²) in [6.45, 7) is 3.20. The third-order valence-corrected chi connectivity index (χ3v) is 3.55. The first-order valence-corrected chi connectivity index (χ1v) is 7.54. The van der Waals surface area contributed by atoms with Crippen LogP contribution in [-0.4, -0.2) is 19.0 Å². The van der Waals surface area contributed by atoms with Crippen molar-refractivity contribution in [3.63, 3.8) is 0 Å². The van der Waals surface area contributed by atoms with Crippen LogP contribution in [0, 0.1) is 0 Å². The summed E-state index contributed by atoms with van der Waals surface area (Å²) in [5.74, 6) is 0.245. The molecule has 0 fully saturated rings. The normalized spacial score (nSPS) is 25.4. The molecule has 0 spiro atoms. The number of ether oxygens (including phenoxy) is 1. The lowest BCUT2D eigenvalue weighted by Gasteiger charge is -2.06. The van der Waals surface area contributed by atoms with Crippen LogP contribution < -0.4 is 0 Å². The van der Waals surface area contributed by atoms with Crippen LogP contribution in [0.25, 0.3) is 0 Å². The summed E-state index contributed by atoms with van der Waals surface area (Å²) in [6, 6.07) is 0. The van der Waals surface area contributed by atoms with Crippen molar-refractivity contribution in [2.45, 2.75) is 71.1 Å². The Balaban J connectivity index is 2.29. The van der Waals surface area contributed by atoms with Gasteiger partial charge in [0.15, 0.2) is 5.78 Å². The van der Waals surface area contributed by atoms with Crippen molar-refractivity contribution in [2.24, 2.45) is 0 Å². The molecular weight excluding hydrogens is 224 g/mol. The molecule has 104 valence electrons. The maximum Gasteiger partial charge on any atom is 0.158 e. The van der Waals surface area contributed by atoms with Crippen molar-refractivity contribution in [2.75, 3.05) is 13.2 Å². The first-order valence-electron chi connectivity index (χ1n) is 7.54. The standard InChI is InChI=1S/C16H28O2/c1-15-10-8-6-4-2-3-5-7-9-13-18-14-16(17)12-11-15/h10H,2-9,11-14H2,1H3/b15-10-. The van der Waals surface area contributed by atoms with Crippen molar-refractivity contribution in [3.05, 3.63) is 11.6 Å². The fourth-order valence-electron chi connectivity index (χ4n) is 2.28. The molecule has 2 heteroatoms. The van der Waals surface area contributed by atoms with Crippen molar-refractivity contribution >= 4 is 5.78 Å². The number of carbonyl (C=O) groups is 1. The minimum atomic E-state index is 0.245. The molecule has 1 rings (SSSR count). The van der Waals surface area contributed by atoms with Crippen LogP contribution in [-0.2, 0) is 9.53 Å². The Morgan fingerprint density at radius 3 is 2.39 bits per heavy atom. The molecule has 0 saturated heterocycles. The van der Waals surface area contributed by atoms with E-state index >= 15 is 0 Å². The number of hydrogen-bond acceptors (Lipinski definition) is 2. The van der Waals surface area contributed by atoms with E-state index in [0.29, 0.717) is 13.0 Å². The minimum absolute atomic E-state index is 0.245. The first-order chi connectivity index (χ1) is 8.79. The lowest BCUT2D eigenvalue weighted by atomic mass is 10.0. The van der Waals surface area contributed by atoms with Crippen LogP contribution in [0.2, 0.25) is 0 Å². The van der Waals surface area contributed by atoms with Gasteiger partial charge in [0.05, 0.1) is 0 Å². The fraction of sp³-hybridized carbons (Fsp3) is 0.812. The maximum absolute atomic E-state index is 11.6. The predicted octanol–water partition coefficient (Wildman–Crippen LogP) is 4.43. The SMILES string of the molecule is C/C1=C/CCCCCCCCCOCC(=O)CC1. The van der Waals surface area contributed by atoms with Gasteiger partial charge in [-0.05, 0) is 32.6 Å². The highest BCUT2D eigenvalue weighted by atomic mass is 16.5. The van der Waals surface area contributed by atoms with E-state index in [0.717, 1.165) is 19.4 Å². The molecule has 0 aromatic rings. The second-order valence-electron chi connectivity index (χ2n) is 5.41. The van der Waals surface area contributed by atoms with Crippen LogP contribution in [0.3, 0.4) is 0 Å². The Hall–Kier alpha value is -0.630. The largest absolute Gasteiger partial charge is 0.374 e. The van der Waals surface area contributed by atoms with E-state index in [1.54, 1.807) is 0 Å². The molecule has 1 aliphatic rings. The quantitative estimate of drug-likeness (QED) is 0.596. The second kappa shape index (κ2) is 10.3. The van der Waals surface area contributed by atoms with Gasteiger partial charge in [-0.2, -0.15) is 0 Å². The Kier molecular flexibility index (Phi) is 8.83. The Morgan fingerprint density at radius 2 is 1.61 bits per heavy atom. The summed E-state index contributed by atoms with van der Waals surface area (Å²) in [4.78, 5) is 11.6. The summed E-state index contributed by atoms with van der Waals surface area (Å²) in [5.41, 5.74) is 1.36. The third kappa shape index (κ3) is 8.46. The Labute approximate surface area is 112 Å². The van der Waals surface area contributed by atoms with E-state index < -0.39 is 0 Å². The molecule has 0 atom stereocenters. The molecular formula is C16H28O2. The van der Waals surface area contributed by atoms with Crippen molar-refractivity contribution in [1.82, 2.24) is 0 Å². The van der Waals surface area contributed by atoms with Crippen molar-refractivity contribution < 1.29 is 9.53 Å². The van der Waals surface area contributed by atoms with Gasteiger partial charge in [-0.25, -0.2) is 0 Å². The summed E-state index contributed by atoms with van der Waals surface area (Å²) in [7, 11) is 0. The molecule has 0 unspecified atom stereocenters. The van der Waals surface area contributed by atoms with Gasteiger partial charge >= 0.3 is 0 Å². The Bertz CT molecular complexity index is 256. The van der Waals surface area contributed by atoms with Gasteiger partial charge in [0.2, 0.25) is 0 Å². The van der Waals surface area contributed by atoms with E-state index in [2.05, 4.69) is 13.0 Å².